The molecule has 0 atom stereocenters. The van der Waals surface area contributed by atoms with Crippen LogP contribution < -0.4 is 15.2 Å². The lowest BCUT2D eigenvalue weighted by Crippen LogP contribution is -2.19. The van der Waals surface area contributed by atoms with E-state index in [0.29, 0.717) is 16.7 Å². The molecule has 0 unspecified atom stereocenters. The normalized spacial score (nSPS) is 10.6. The molecular weight excluding hydrogens is 286 g/mol. The van der Waals surface area contributed by atoms with Crippen molar-refractivity contribution in [1.29, 1.82) is 0 Å². The maximum absolute atomic E-state index is 12.5. The van der Waals surface area contributed by atoms with Crippen LogP contribution in [-0.2, 0) is 0 Å². The first-order chi connectivity index (χ1) is 10.6. The highest BCUT2D eigenvalue weighted by atomic mass is 16.6. The summed E-state index contributed by atoms with van der Waals surface area (Å²) in [7, 11) is 2.96. The molecule has 0 saturated heterocycles. The van der Waals surface area contributed by atoms with Crippen LogP contribution in [0.3, 0.4) is 0 Å². The maximum Gasteiger partial charge on any atom is 0.347 e. The third kappa shape index (κ3) is 2.24. The van der Waals surface area contributed by atoms with E-state index in [1.54, 1.807) is 36.5 Å². The van der Waals surface area contributed by atoms with Gasteiger partial charge in [-0.05, 0) is 30.3 Å². The monoisotopic (exact) mass is 299 g/mol. The van der Waals surface area contributed by atoms with Crippen molar-refractivity contribution in [2.24, 2.45) is 0 Å². The Hall–Kier alpha value is -3.02. The summed E-state index contributed by atoms with van der Waals surface area (Å²) in [5.41, 5.74) is -0.130. The first-order valence-electron chi connectivity index (χ1n) is 6.52. The van der Waals surface area contributed by atoms with Crippen LogP contribution >= 0.6 is 0 Å². The average Bonchev–Trinajstić information content (AvgIpc) is 3.01. The summed E-state index contributed by atoms with van der Waals surface area (Å²) < 4.78 is 11.6. The molecule has 6 heteroatoms. The topological polar surface area (TPSA) is 70.7 Å². The van der Waals surface area contributed by atoms with Gasteiger partial charge in [0.1, 0.15) is 29.7 Å². The van der Waals surface area contributed by atoms with E-state index in [-0.39, 0.29) is 11.3 Å². The summed E-state index contributed by atoms with van der Waals surface area (Å²) >= 11 is 0. The number of methoxy groups -OCH3 is 1. The van der Waals surface area contributed by atoms with Gasteiger partial charge in [-0.3, -0.25) is 4.79 Å². The number of nitrogens with zero attached hydrogens (tertiary/aromatic N) is 1. The van der Waals surface area contributed by atoms with Crippen molar-refractivity contribution in [3.05, 3.63) is 64.3 Å². The van der Waals surface area contributed by atoms with E-state index in [4.69, 9.17) is 14.0 Å². The number of rotatable bonds is 4. The molecule has 0 N–H and O–H groups in total. The molecule has 0 fully saturated rings. The van der Waals surface area contributed by atoms with Gasteiger partial charge in [-0.15, -0.1) is 0 Å². The molecule has 0 bridgehead atoms. The standard InChI is InChI=1S/C16H13NO5/c1-20-11-6-5-10-8-12(16(19)22-14(10)9-11)15(18)13-4-3-7-17(13)21-2/h3-9H,1-2H3. The van der Waals surface area contributed by atoms with Gasteiger partial charge in [0, 0.05) is 17.6 Å². The van der Waals surface area contributed by atoms with E-state index in [1.165, 1.54) is 25.0 Å². The number of fused-ring (bicyclic) bond motifs is 1. The number of carbonyl (C=O) groups excluding carboxylic acids is 1. The number of ether oxygens (including phenoxy) is 1. The Labute approximate surface area is 125 Å². The van der Waals surface area contributed by atoms with Crippen LogP contribution in [0.25, 0.3) is 11.0 Å². The molecule has 0 aliphatic carbocycles. The molecule has 0 spiro atoms. The predicted octanol–water partition coefficient (Wildman–Crippen LogP) is 1.89. The lowest BCUT2D eigenvalue weighted by Gasteiger charge is -2.06. The van der Waals surface area contributed by atoms with Crippen molar-refractivity contribution < 1.29 is 18.8 Å². The van der Waals surface area contributed by atoms with Crippen molar-refractivity contribution in [3.63, 3.8) is 0 Å². The fraction of sp³-hybridized carbons (Fsp3) is 0.125. The molecule has 0 amide bonds. The Bertz CT molecular complexity index is 906. The quantitative estimate of drug-likeness (QED) is 0.543. The minimum atomic E-state index is -0.699. The molecule has 22 heavy (non-hydrogen) atoms. The van der Waals surface area contributed by atoms with E-state index in [0.717, 1.165) is 0 Å². The van der Waals surface area contributed by atoms with Gasteiger partial charge in [0.15, 0.2) is 0 Å². The minimum Gasteiger partial charge on any atom is -0.497 e. The molecule has 0 saturated carbocycles. The van der Waals surface area contributed by atoms with Crippen LogP contribution in [0.1, 0.15) is 16.1 Å². The summed E-state index contributed by atoms with van der Waals surface area (Å²) in [4.78, 5) is 29.6. The zero-order chi connectivity index (χ0) is 15.7. The summed E-state index contributed by atoms with van der Waals surface area (Å²) in [6.45, 7) is 0. The lowest BCUT2D eigenvalue weighted by atomic mass is 10.1. The van der Waals surface area contributed by atoms with Gasteiger partial charge in [0.2, 0.25) is 5.78 Å². The zero-order valence-corrected chi connectivity index (χ0v) is 12.0. The van der Waals surface area contributed by atoms with Crippen molar-refractivity contribution in [2.75, 3.05) is 14.2 Å². The van der Waals surface area contributed by atoms with Crippen molar-refractivity contribution in [3.8, 4) is 5.75 Å². The van der Waals surface area contributed by atoms with Crippen LogP contribution in [0.2, 0.25) is 0 Å². The first kappa shape index (κ1) is 13.9. The molecule has 2 heterocycles. The Morgan fingerprint density at radius 3 is 2.73 bits per heavy atom. The highest BCUT2D eigenvalue weighted by molar-refractivity contribution is 6.08. The second-order valence-corrected chi connectivity index (χ2v) is 4.58. The molecule has 3 aromatic rings. The molecule has 0 radical (unpaired) electrons. The van der Waals surface area contributed by atoms with Gasteiger partial charge in [-0.2, -0.15) is 4.73 Å². The Kier molecular flexibility index (Phi) is 3.42. The van der Waals surface area contributed by atoms with E-state index in [1.807, 2.05) is 0 Å². The van der Waals surface area contributed by atoms with Crippen molar-refractivity contribution >= 4 is 16.8 Å². The molecule has 3 rings (SSSR count). The molecule has 0 aliphatic rings. The number of hydrogen-bond acceptors (Lipinski definition) is 5. The Morgan fingerprint density at radius 1 is 1.18 bits per heavy atom. The van der Waals surface area contributed by atoms with E-state index in [2.05, 4.69) is 0 Å². The van der Waals surface area contributed by atoms with E-state index < -0.39 is 11.4 Å². The van der Waals surface area contributed by atoms with Gasteiger partial charge in [0.05, 0.1) is 7.11 Å². The van der Waals surface area contributed by atoms with Gasteiger partial charge in [0.25, 0.3) is 0 Å². The summed E-state index contributed by atoms with van der Waals surface area (Å²) in [6, 6.07) is 9.80. The second-order valence-electron chi connectivity index (χ2n) is 4.58. The Balaban J connectivity index is 2.13. The van der Waals surface area contributed by atoms with Gasteiger partial charge < -0.3 is 14.0 Å². The third-order valence-corrected chi connectivity index (χ3v) is 3.33. The number of hydrogen-bond donors (Lipinski definition) is 0. The van der Waals surface area contributed by atoms with Crippen molar-refractivity contribution in [1.82, 2.24) is 4.73 Å². The smallest absolute Gasteiger partial charge is 0.347 e. The molecule has 112 valence electrons. The SMILES string of the molecule is COc1ccc2cc(C(=O)c3cccn3OC)c(=O)oc2c1. The highest BCUT2D eigenvalue weighted by Crippen LogP contribution is 2.21. The second kappa shape index (κ2) is 5.40. The van der Waals surface area contributed by atoms with Crippen molar-refractivity contribution in [2.45, 2.75) is 0 Å². The minimum absolute atomic E-state index is 0.0466. The van der Waals surface area contributed by atoms with Crippen LogP contribution in [0.4, 0.5) is 0 Å². The number of ketones is 1. The molecule has 0 aliphatic heterocycles. The van der Waals surface area contributed by atoms with Crippen LogP contribution in [0, 0.1) is 0 Å². The lowest BCUT2D eigenvalue weighted by molar-refractivity contribution is 0.0973. The fourth-order valence-corrected chi connectivity index (χ4v) is 2.22. The summed E-state index contributed by atoms with van der Waals surface area (Å²) in [6.07, 6.45) is 1.58. The number of aromatic nitrogens is 1. The highest BCUT2D eigenvalue weighted by Gasteiger charge is 2.19. The number of benzene rings is 1. The predicted molar refractivity (Wildman–Crippen MR) is 79.4 cm³/mol. The van der Waals surface area contributed by atoms with Crippen LogP contribution in [0.5, 0.6) is 5.75 Å². The molecule has 2 aromatic heterocycles. The van der Waals surface area contributed by atoms with Gasteiger partial charge in [-0.25, -0.2) is 4.79 Å². The first-order valence-corrected chi connectivity index (χ1v) is 6.52. The average molecular weight is 299 g/mol. The van der Waals surface area contributed by atoms with E-state index in [9.17, 15) is 9.59 Å². The van der Waals surface area contributed by atoms with Crippen LogP contribution in [0.15, 0.2) is 51.8 Å². The molecule has 1 aromatic carbocycles. The van der Waals surface area contributed by atoms with Crippen LogP contribution in [-0.4, -0.2) is 24.7 Å². The largest absolute Gasteiger partial charge is 0.497 e. The summed E-state index contributed by atoms with van der Waals surface area (Å²) in [5, 5.41) is 0.638. The third-order valence-electron chi connectivity index (χ3n) is 3.33. The fourth-order valence-electron chi connectivity index (χ4n) is 2.22. The number of carbonyl (C=O) groups is 1. The summed E-state index contributed by atoms with van der Waals surface area (Å²) in [5.74, 6) is 0.112. The molecule has 6 nitrogen and oxygen atoms in total. The Morgan fingerprint density at radius 2 is 2.00 bits per heavy atom. The zero-order valence-electron chi connectivity index (χ0n) is 12.0. The van der Waals surface area contributed by atoms with Gasteiger partial charge in [-0.1, -0.05) is 0 Å². The maximum atomic E-state index is 12.5. The van der Waals surface area contributed by atoms with Gasteiger partial charge >= 0.3 is 5.63 Å². The molecular formula is C16H13NO5. The van der Waals surface area contributed by atoms with E-state index >= 15 is 0 Å².